The van der Waals surface area contributed by atoms with Crippen molar-refractivity contribution in [3.8, 4) is 22.7 Å². The average molecular weight is 540 g/mol. The molecular formula is C31H29N3O2S2. The van der Waals surface area contributed by atoms with E-state index in [2.05, 4.69) is 6.92 Å². The zero-order valence-electron chi connectivity index (χ0n) is 21.5. The van der Waals surface area contributed by atoms with Crippen LogP contribution in [0.25, 0.3) is 23.0 Å². The summed E-state index contributed by atoms with van der Waals surface area (Å²) < 4.78 is 8.25. The van der Waals surface area contributed by atoms with Crippen molar-refractivity contribution in [2.45, 2.75) is 33.2 Å². The number of thioether (sulfide) groups is 1. The molecule has 38 heavy (non-hydrogen) atoms. The van der Waals surface area contributed by atoms with Gasteiger partial charge < -0.3 is 4.74 Å². The molecule has 4 aromatic rings. The molecule has 2 heterocycles. The molecule has 1 aliphatic rings. The standard InChI is InChI=1S/C31H29N3O2S2/c1-3-4-18-36-27-16-14-24(15-17-27)29-25(21-34(32-29)26-8-6-5-7-9-26)19-28-30(35)33(31(37)38-28)20-23-12-10-22(2)11-13-23/h5-17,19,21H,3-4,18,20H2,1-2H3. The van der Waals surface area contributed by atoms with Crippen LogP contribution in [-0.4, -0.2) is 31.5 Å². The minimum atomic E-state index is -0.0846. The number of hydrogen-bond acceptors (Lipinski definition) is 5. The Labute approximate surface area is 233 Å². The number of thiocarbonyl (C=S) groups is 1. The highest BCUT2D eigenvalue weighted by molar-refractivity contribution is 8.26. The Hall–Kier alpha value is -3.68. The summed E-state index contributed by atoms with van der Waals surface area (Å²) in [5, 5.41) is 4.90. The van der Waals surface area contributed by atoms with Crippen molar-refractivity contribution in [3.05, 3.63) is 107 Å². The molecule has 1 aromatic heterocycles. The predicted octanol–water partition coefficient (Wildman–Crippen LogP) is 7.43. The minimum absolute atomic E-state index is 0.0846. The summed E-state index contributed by atoms with van der Waals surface area (Å²) in [6.45, 7) is 5.35. The first kappa shape index (κ1) is 25.9. The summed E-state index contributed by atoms with van der Waals surface area (Å²) in [5.41, 5.74) is 5.76. The Morgan fingerprint density at radius 1 is 1.00 bits per heavy atom. The van der Waals surface area contributed by atoms with Crippen LogP contribution < -0.4 is 4.74 Å². The lowest BCUT2D eigenvalue weighted by Gasteiger charge is -2.14. The van der Waals surface area contributed by atoms with E-state index in [0.717, 1.165) is 46.7 Å². The summed E-state index contributed by atoms with van der Waals surface area (Å²) in [6, 6.07) is 26.1. The average Bonchev–Trinajstić information content (AvgIpc) is 3.47. The number of benzene rings is 3. The van der Waals surface area contributed by atoms with Gasteiger partial charge >= 0.3 is 0 Å². The number of amides is 1. The summed E-state index contributed by atoms with van der Waals surface area (Å²) in [4.78, 5) is 15.7. The lowest BCUT2D eigenvalue weighted by molar-refractivity contribution is -0.122. The van der Waals surface area contributed by atoms with E-state index in [1.54, 1.807) is 4.90 Å². The molecule has 1 saturated heterocycles. The highest BCUT2D eigenvalue weighted by atomic mass is 32.2. The molecule has 0 unspecified atom stereocenters. The van der Waals surface area contributed by atoms with Gasteiger partial charge in [0.05, 0.1) is 29.4 Å². The van der Waals surface area contributed by atoms with Crippen LogP contribution in [0.5, 0.6) is 5.75 Å². The summed E-state index contributed by atoms with van der Waals surface area (Å²) >= 11 is 6.93. The fraction of sp³-hybridized carbons (Fsp3) is 0.194. The molecule has 0 aliphatic carbocycles. The second-order valence-electron chi connectivity index (χ2n) is 9.19. The highest BCUT2D eigenvalue weighted by Gasteiger charge is 2.32. The van der Waals surface area contributed by atoms with Gasteiger partial charge in [0.1, 0.15) is 10.1 Å². The first-order valence-electron chi connectivity index (χ1n) is 12.7. The van der Waals surface area contributed by atoms with E-state index in [1.807, 2.05) is 103 Å². The molecule has 5 rings (SSSR count). The molecule has 0 saturated carbocycles. The Balaban J connectivity index is 1.46. The zero-order valence-corrected chi connectivity index (χ0v) is 23.1. The molecule has 1 aliphatic heterocycles. The number of carbonyl (C=O) groups excluding carboxylic acids is 1. The minimum Gasteiger partial charge on any atom is -0.494 e. The van der Waals surface area contributed by atoms with Gasteiger partial charge in [0.15, 0.2) is 0 Å². The van der Waals surface area contributed by atoms with Crippen molar-refractivity contribution < 1.29 is 9.53 Å². The van der Waals surface area contributed by atoms with Gasteiger partial charge in [-0.2, -0.15) is 5.10 Å². The van der Waals surface area contributed by atoms with E-state index in [4.69, 9.17) is 22.1 Å². The Bertz CT molecular complexity index is 1460. The third-order valence-electron chi connectivity index (χ3n) is 6.28. The van der Waals surface area contributed by atoms with Gasteiger partial charge in [-0.25, -0.2) is 4.68 Å². The number of nitrogens with zero attached hydrogens (tertiary/aromatic N) is 3. The van der Waals surface area contributed by atoms with E-state index < -0.39 is 0 Å². The number of carbonyl (C=O) groups is 1. The number of ether oxygens (including phenoxy) is 1. The van der Waals surface area contributed by atoms with Gasteiger partial charge in [-0.1, -0.05) is 85.4 Å². The zero-order chi connectivity index (χ0) is 26.5. The summed E-state index contributed by atoms with van der Waals surface area (Å²) in [7, 11) is 0. The van der Waals surface area contributed by atoms with Crippen molar-refractivity contribution in [2.24, 2.45) is 0 Å². The largest absolute Gasteiger partial charge is 0.494 e. The van der Waals surface area contributed by atoms with Gasteiger partial charge in [0.2, 0.25) is 0 Å². The highest BCUT2D eigenvalue weighted by Crippen LogP contribution is 2.36. The van der Waals surface area contributed by atoms with Crippen LogP contribution in [0.15, 0.2) is 90.0 Å². The maximum Gasteiger partial charge on any atom is 0.266 e. The Kier molecular flexibility index (Phi) is 8.05. The van der Waals surface area contributed by atoms with Crippen LogP contribution in [0.3, 0.4) is 0 Å². The van der Waals surface area contributed by atoms with E-state index in [0.29, 0.717) is 22.4 Å². The van der Waals surface area contributed by atoms with Crippen LogP contribution in [0.4, 0.5) is 0 Å². The first-order valence-corrected chi connectivity index (χ1v) is 13.9. The fourth-order valence-electron chi connectivity index (χ4n) is 4.13. The third-order valence-corrected chi connectivity index (χ3v) is 7.66. The molecule has 192 valence electrons. The number of para-hydroxylation sites is 1. The summed E-state index contributed by atoms with van der Waals surface area (Å²) in [6.07, 6.45) is 5.98. The van der Waals surface area contributed by atoms with E-state index in [-0.39, 0.29) is 5.91 Å². The Morgan fingerprint density at radius 2 is 1.74 bits per heavy atom. The maximum absolute atomic E-state index is 13.4. The molecule has 0 spiro atoms. The molecular weight excluding hydrogens is 510 g/mol. The molecule has 0 N–H and O–H groups in total. The van der Waals surface area contributed by atoms with E-state index in [9.17, 15) is 4.79 Å². The van der Waals surface area contributed by atoms with Crippen molar-refractivity contribution in [3.63, 3.8) is 0 Å². The van der Waals surface area contributed by atoms with Gasteiger partial charge in [0, 0.05) is 17.3 Å². The summed E-state index contributed by atoms with van der Waals surface area (Å²) in [5.74, 6) is 0.752. The molecule has 1 amide bonds. The van der Waals surface area contributed by atoms with Crippen LogP contribution in [-0.2, 0) is 11.3 Å². The van der Waals surface area contributed by atoms with Gasteiger partial charge in [-0.3, -0.25) is 9.69 Å². The van der Waals surface area contributed by atoms with E-state index in [1.165, 1.54) is 17.3 Å². The molecule has 7 heteroatoms. The SMILES string of the molecule is CCCCOc1ccc(-c2nn(-c3ccccc3)cc2C=C2SC(=S)N(Cc3ccc(C)cc3)C2=O)cc1. The predicted molar refractivity (Wildman–Crippen MR) is 159 cm³/mol. The normalized spacial score (nSPS) is 14.5. The van der Waals surface area contributed by atoms with E-state index >= 15 is 0 Å². The molecule has 0 bridgehead atoms. The van der Waals surface area contributed by atoms with Crippen LogP contribution in [0, 0.1) is 6.92 Å². The topological polar surface area (TPSA) is 47.4 Å². The molecule has 1 fully saturated rings. The van der Waals surface area contributed by atoms with Crippen LogP contribution in [0.1, 0.15) is 36.5 Å². The molecule has 5 nitrogen and oxygen atoms in total. The lowest BCUT2D eigenvalue weighted by Crippen LogP contribution is -2.27. The van der Waals surface area contributed by atoms with Crippen LogP contribution in [0.2, 0.25) is 0 Å². The second kappa shape index (κ2) is 11.8. The molecule has 3 aromatic carbocycles. The van der Waals surface area contributed by atoms with Crippen molar-refractivity contribution >= 4 is 40.3 Å². The number of aromatic nitrogens is 2. The third kappa shape index (κ3) is 5.90. The quantitative estimate of drug-likeness (QED) is 0.126. The number of unbranched alkanes of at least 4 members (excludes halogenated alkanes) is 1. The smallest absolute Gasteiger partial charge is 0.266 e. The van der Waals surface area contributed by atoms with Crippen molar-refractivity contribution in [1.82, 2.24) is 14.7 Å². The molecule has 0 atom stereocenters. The monoisotopic (exact) mass is 539 g/mol. The second-order valence-corrected chi connectivity index (χ2v) is 10.9. The number of hydrogen-bond donors (Lipinski definition) is 0. The number of aryl methyl sites for hydroxylation is 1. The number of rotatable bonds is 9. The van der Waals surface area contributed by atoms with Gasteiger partial charge in [-0.15, -0.1) is 0 Å². The van der Waals surface area contributed by atoms with Gasteiger partial charge in [0.25, 0.3) is 5.91 Å². The van der Waals surface area contributed by atoms with Crippen molar-refractivity contribution in [1.29, 1.82) is 0 Å². The lowest BCUT2D eigenvalue weighted by atomic mass is 10.1. The first-order chi connectivity index (χ1) is 18.5. The maximum atomic E-state index is 13.4. The van der Waals surface area contributed by atoms with Gasteiger partial charge in [-0.05, 0) is 61.4 Å². The fourth-order valence-corrected chi connectivity index (χ4v) is 5.37. The van der Waals surface area contributed by atoms with Crippen LogP contribution >= 0.6 is 24.0 Å². The molecule has 0 radical (unpaired) electrons. The Morgan fingerprint density at radius 3 is 2.45 bits per heavy atom. The van der Waals surface area contributed by atoms with Crippen molar-refractivity contribution in [2.75, 3.05) is 6.61 Å².